The lowest BCUT2D eigenvalue weighted by atomic mass is 10.2. The van der Waals surface area contributed by atoms with E-state index in [1.807, 2.05) is 0 Å². The van der Waals surface area contributed by atoms with Crippen molar-refractivity contribution in [2.45, 2.75) is 6.43 Å². The molecule has 0 bridgehead atoms. The largest absolute Gasteiger partial charge is 0.391 e. The van der Waals surface area contributed by atoms with E-state index in [-0.39, 0.29) is 3.70 Å². The molecule has 1 rings (SSSR count). The maximum atomic E-state index is 12.3. The quantitative estimate of drug-likeness (QED) is 0.392. The van der Waals surface area contributed by atoms with Crippen LogP contribution in [0.2, 0.25) is 0 Å². The van der Waals surface area contributed by atoms with Crippen molar-refractivity contribution in [2.24, 2.45) is 0 Å². The minimum atomic E-state index is -2.84. The molecule has 5 nitrogen and oxygen atoms in total. The fourth-order valence-corrected chi connectivity index (χ4v) is 1.41. The van der Waals surface area contributed by atoms with Gasteiger partial charge in [-0.05, 0) is 9.91 Å². The molecule has 0 saturated heterocycles. The molecule has 2 N–H and O–H groups in total. The van der Waals surface area contributed by atoms with E-state index in [1.165, 1.54) is 0 Å². The van der Waals surface area contributed by atoms with E-state index in [1.54, 1.807) is 22.6 Å². The van der Waals surface area contributed by atoms with Crippen molar-refractivity contribution in [1.82, 2.24) is 4.98 Å². The number of aromatic nitrogens is 1. The van der Waals surface area contributed by atoms with Crippen LogP contribution in [0.5, 0.6) is 0 Å². The van der Waals surface area contributed by atoms with Crippen LogP contribution in [0.15, 0.2) is 6.07 Å². The van der Waals surface area contributed by atoms with Gasteiger partial charge in [0, 0.05) is 28.7 Å². The molecule has 1 aromatic heterocycles. The normalized spacial score (nSPS) is 10.6. The van der Waals surface area contributed by atoms with Gasteiger partial charge in [-0.2, -0.15) is 0 Å². The number of anilines is 1. The van der Waals surface area contributed by atoms with Gasteiger partial charge in [0.2, 0.25) is 3.70 Å². The highest BCUT2D eigenvalue weighted by Gasteiger charge is 2.23. The van der Waals surface area contributed by atoms with E-state index in [4.69, 9.17) is 5.73 Å². The van der Waals surface area contributed by atoms with E-state index in [9.17, 15) is 18.9 Å². The molecule has 0 radical (unpaired) electrons. The van der Waals surface area contributed by atoms with Crippen LogP contribution in [0.25, 0.3) is 0 Å². The van der Waals surface area contributed by atoms with Crippen LogP contribution in [0.3, 0.4) is 0 Å². The molecule has 0 aliphatic carbocycles. The highest BCUT2D eigenvalue weighted by atomic mass is 127. The van der Waals surface area contributed by atoms with Gasteiger partial charge >= 0.3 is 5.82 Å². The summed E-state index contributed by atoms with van der Waals surface area (Å²) in [6.07, 6.45) is -2.84. The smallest absolute Gasteiger partial charge is 0.388 e. The van der Waals surface area contributed by atoms with Gasteiger partial charge in [-0.15, -0.1) is 0 Å². The van der Waals surface area contributed by atoms with Crippen molar-refractivity contribution in [3.05, 3.63) is 25.4 Å². The van der Waals surface area contributed by atoms with Gasteiger partial charge in [-0.3, -0.25) is 0 Å². The minimum Gasteiger partial charge on any atom is -0.391 e. The fourth-order valence-electron chi connectivity index (χ4n) is 0.849. The molecule has 0 amide bonds. The Morgan fingerprint density at radius 1 is 1.64 bits per heavy atom. The zero-order valence-corrected chi connectivity index (χ0v) is 8.73. The van der Waals surface area contributed by atoms with Crippen molar-refractivity contribution >= 4 is 34.1 Å². The molecule has 1 aromatic rings. The fraction of sp³-hybridized carbons (Fsp3) is 0.167. The van der Waals surface area contributed by atoms with Gasteiger partial charge in [0.05, 0.1) is 5.56 Å². The number of nitrogens with two attached hydrogens (primary N) is 1. The first kappa shape index (κ1) is 11.0. The molecule has 0 aliphatic heterocycles. The standard InChI is InChI=1S/C6H4F2IN3O2/c7-5(8)2-1-3(9)11-6(4(2)10)12(13)14/h1,5H,10H2. The Kier molecular flexibility index (Phi) is 3.13. The number of alkyl halides is 2. The monoisotopic (exact) mass is 315 g/mol. The molecular formula is C6H4F2IN3O2. The summed E-state index contributed by atoms with van der Waals surface area (Å²) in [7, 11) is 0. The molecule has 14 heavy (non-hydrogen) atoms. The molecular weight excluding hydrogens is 311 g/mol. The second kappa shape index (κ2) is 3.98. The van der Waals surface area contributed by atoms with Crippen LogP contribution in [0.4, 0.5) is 20.3 Å². The Balaban J connectivity index is 3.40. The molecule has 0 saturated carbocycles. The lowest BCUT2D eigenvalue weighted by Gasteiger charge is -2.03. The van der Waals surface area contributed by atoms with Gasteiger partial charge in [0.15, 0.2) is 0 Å². The van der Waals surface area contributed by atoms with Crippen LogP contribution in [0.1, 0.15) is 12.0 Å². The summed E-state index contributed by atoms with van der Waals surface area (Å²) in [4.78, 5) is 12.9. The third kappa shape index (κ3) is 2.05. The number of pyridine rings is 1. The van der Waals surface area contributed by atoms with Crippen LogP contribution >= 0.6 is 22.6 Å². The molecule has 0 fully saturated rings. The molecule has 0 aliphatic rings. The summed E-state index contributed by atoms with van der Waals surface area (Å²) in [5.74, 6) is -0.729. The minimum absolute atomic E-state index is 0.110. The highest BCUT2D eigenvalue weighted by molar-refractivity contribution is 14.1. The Morgan fingerprint density at radius 3 is 2.64 bits per heavy atom. The first-order valence-corrected chi connectivity index (χ1v) is 4.39. The van der Waals surface area contributed by atoms with Gasteiger partial charge in [-0.25, -0.2) is 8.78 Å². The highest BCUT2D eigenvalue weighted by Crippen LogP contribution is 2.31. The molecule has 0 spiro atoms. The molecule has 0 unspecified atom stereocenters. The van der Waals surface area contributed by atoms with Crippen LogP contribution in [-0.2, 0) is 0 Å². The molecule has 76 valence electrons. The average molecular weight is 315 g/mol. The number of halogens is 3. The summed E-state index contributed by atoms with van der Waals surface area (Å²) in [5, 5.41) is 10.4. The Labute approximate surface area is 90.6 Å². The maximum Gasteiger partial charge on any atom is 0.388 e. The lowest BCUT2D eigenvalue weighted by Crippen LogP contribution is -2.04. The van der Waals surface area contributed by atoms with E-state index in [0.29, 0.717) is 0 Å². The number of nitrogens with zero attached hydrogens (tertiary/aromatic N) is 2. The Hall–Kier alpha value is -1.06. The van der Waals surface area contributed by atoms with Gasteiger partial charge in [-0.1, -0.05) is 0 Å². The van der Waals surface area contributed by atoms with Crippen molar-refractivity contribution in [3.8, 4) is 0 Å². The van der Waals surface area contributed by atoms with Crippen LogP contribution < -0.4 is 5.73 Å². The number of hydrogen-bond acceptors (Lipinski definition) is 4. The summed E-state index contributed by atoms with van der Waals surface area (Å²) in [5.41, 5.74) is 4.03. The van der Waals surface area contributed by atoms with Crippen LogP contribution in [0, 0.1) is 13.8 Å². The number of nitrogen functional groups attached to an aromatic ring is 1. The lowest BCUT2D eigenvalue weighted by molar-refractivity contribution is -0.388. The van der Waals surface area contributed by atoms with E-state index >= 15 is 0 Å². The van der Waals surface area contributed by atoms with Crippen molar-refractivity contribution in [2.75, 3.05) is 5.73 Å². The SMILES string of the molecule is Nc1c(C(F)F)cc(I)nc1[N+](=O)[O-]. The summed E-state index contributed by atoms with van der Waals surface area (Å²) >= 11 is 1.61. The Bertz CT molecular complexity index is 386. The zero-order valence-electron chi connectivity index (χ0n) is 6.58. The first-order chi connectivity index (χ1) is 6.43. The second-order valence-corrected chi connectivity index (χ2v) is 3.43. The molecule has 0 atom stereocenters. The van der Waals surface area contributed by atoms with Gasteiger partial charge < -0.3 is 15.8 Å². The van der Waals surface area contributed by atoms with Crippen molar-refractivity contribution < 1.29 is 13.7 Å². The molecule has 1 heterocycles. The number of rotatable bonds is 2. The average Bonchev–Trinajstić information content (AvgIpc) is 2.07. The number of nitro groups is 1. The van der Waals surface area contributed by atoms with Crippen molar-refractivity contribution in [3.63, 3.8) is 0 Å². The van der Waals surface area contributed by atoms with Gasteiger partial charge in [0.1, 0.15) is 5.69 Å². The predicted molar refractivity (Wildman–Crippen MR) is 53.0 cm³/mol. The third-order valence-corrected chi connectivity index (χ3v) is 2.00. The topological polar surface area (TPSA) is 82.0 Å². The Morgan fingerprint density at radius 2 is 2.21 bits per heavy atom. The van der Waals surface area contributed by atoms with E-state index < -0.39 is 28.4 Å². The summed E-state index contributed by atoms with van der Waals surface area (Å²) < 4.78 is 24.7. The predicted octanol–water partition coefficient (Wildman–Crippen LogP) is 2.11. The first-order valence-electron chi connectivity index (χ1n) is 3.32. The van der Waals surface area contributed by atoms with Gasteiger partial charge in [0.25, 0.3) is 6.43 Å². The van der Waals surface area contributed by atoms with Crippen LogP contribution in [-0.4, -0.2) is 9.91 Å². The number of hydrogen-bond donors (Lipinski definition) is 1. The second-order valence-electron chi connectivity index (χ2n) is 2.33. The van der Waals surface area contributed by atoms with E-state index in [0.717, 1.165) is 6.07 Å². The summed E-state index contributed by atoms with van der Waals surface area (Å²) in [6.45, 7) is 0. The maximum absolute atomic E-state index is 12.3. The van der Waals surface area contributed by atoms with Crippen molar-refractivity contribution in [1.29, 1.82) is 0 Å². The summed E-state index contributed by atoms with van der Waals surface area (Å²) in [6, 6.07) is 1.02. The van der Waals surface area contributed by atoms with E-state index in [2.05, 4.69) is 4.98 Å². The zero-order chi connectivity index (χ0) is 10.9. The third-order valence-electron chi connectivity index (χ3n) is 1.45. The molecule has 8 heteroatoms. The molecule has 0 aromatic carbocycles.